The number of carbonyl (C=O) groups is 1. The van der Waals surface area contributed by atoms with Gasteiger partial charge in [-0.15, -0.1) is 11.3 Å². The zero-order valence-electron chi connectivity index (χ0n) is 15.3. The van der Waals surface area contributed by atoms with Crippen molar-refractivity contribution in [3.8, 4) is 5.69 Å². The zero-order chi connectivity index (χ0) is 19.5. The summed E-state index contributed by atoms with van der Waals surface area (Å²) in [5.41, 5.74) is 1.18. The topological polar surface area (TPSA) is 81.8 Å². The van der Waals surface area contributed by atoms with Crippen molar-refractivity contribution >= 4 is 28.3 Å². The Balaban J connectivity index is 1.53. The number of hydrogen-bond donors (Lipinski definition) is 1. The molecule has 4 aromatic rings. The molecule has 3 heterocycles. The first-order valence-corrected chi connectivity index (χ1v) is 9.81. The molecule has 0 saturated heterocycles. The van der Waals surface area contributed by atoms with E-state index in [9.17, 15) is 9.59 Å². The molecule has 0 fully saturated rings. The fourth-order valence-electron chi connectivity index (χ4n) is 3.03. The van der Waals surface area contributed by atoms with E-state index in [1.165, 1.54) is 10.8 Å². The Labute approximate surface area is 165 Å². The molecular formula is C20H19N5O2S. The van der Waals surface area contributed by atoms with Crippen LogP contribution in [0.4, 0.5) is 0 Å². The van der Waals surface area contributed by atoms with Crippen LogP contribution < -0.4 is 10.9 Å². The summed E-state index contributed by atoms with van der Waals surface area (Å²) in [6.45, 7) is 2.55. The lowest BCUT2D eigenvalue weighted by atomic mass is 10.3. The summed E-state index contributed by atoms with van der Waals surface area (Å²) < 4.78 is 3.19. The van der Waals surface area contributed by atoms with Gasteiger partial charge in [0, 0.05) is 17.8 Å². The van der Waals surface area contributed by atoms with Gasteiger partial charge in [0.15, 0.2) is 5.65 Å². The zero-order valence-corrected chi connectivity index (χ0v) is 16.1. The fourth-order valence-corrected chi connectivity index (χ4v) is 3.67. The molecular weight excluding hydrogens is 374 g/mol. The van der Waals surface area contributed by atoms with Crippen molar-refractivity contribution in [2.75, 3.05) is 0 Å². The molecule has 0 spiro atoms. The molecule has 142 valence electrons. The van der Waals surface area contributed by atoms with Gasteiger partial charge < -0.3 is 5.32 Å². The second kappa shape index (κ2) is 7.77. The van der Waals surface area contributed by atoms with Crippen LogP contribution in [0.1, 0.15) is 17.1 Å². The van der Waals surface area contributed by atoms with Crippen molar-refractivity contribution < 1.29 is 4.79 Å². The highest BCUT2D eigenvalue weighted by molar-refractivity contribution is 7.09. The molecule has 3 aromatic heterocycles. The van der Waals surface area contributed by atoms with E-state index in [4.69, 9.17) is 0 Å². The quantitative estimate of drug-likeness (QED) is 0.546. The number of thiophene rings is 1. The number of rotatable bonds is 6. The summed E-state index contributed by atoms with van der Waals surface area (Å²) in [7, 11) is 0. The summed E-state index contributed by atoms with van der Waals surface area (Å²) in [5, 5.41) is 9.61. The van der Waals surface area contributed by atoms with Crippen molar-refractivity contribution in [1.82, 2.24) is 24.6 Å². The van der Waals surface area contributed by atoms with Crippen molar-refractivity contribution in [3.05, 3.63) is 75.1 Å². The highest BCUT2D eigenvalue weighted by Gasteiger charge is 2.14. The lowest BCUT2D eigenvalue weighted by molar-refractivity contribution is -0.121. The van der Waals surface area contributed by atoms with E-state index in [1.807, 2.05) is 47.8 Å². The Kier molecular flexibility index (Phi) is 5.03. The number of aryl methyl sites for hydroxylation is 1. The van der Waals surface area contributed by atoms with Gasteiger partial charge in [-0.05, 0) is 30.5 Å². The van der Waals surface area contributed by atoms with Crippen LogP contribution in [0.3, 0.4) is 0 Å². The molecule has 4 rings (SSSR count). The number of nitrogens with one attached hydrogen (secondary N) is 1. The smallest absolute Gasteiger partial charge is 0.264 e. The SMILES string of the molecule is Cc1nc2c(cnn2-c2ccccc2)c(=O)n1CCC(=O)NCc1cccs1. The average Bonchev–Trinajstić information content (AvgIpc) is 3.36. The minimum atomic E-state index is -0.185. The number of aromatic nitrogens is 4. The number of amides is 1. The van der Waals surface area contributed by atoms with Gasteiger partial charge in [0.2, 0.25) is 5.91 Å². The van der Waals surface area contributed by atoms with Gasteiger partial charge in [0.1, 0.15) is 11.2 Å². The summed E-state index contributed by atoms with van der Waals surface area (Å²) in [6.07, 6.45) is 1.75. The molecule has 1 amide bonds. The first-order valence-electron chi connectivity index (χ1n) is 8.93. The minimum absolute atomic E-state index is 0.0974. The van der Waals surface area contributed by atoms with Crippen LogP contribution in [0.25, 0.3) is 16.7 Å². The van der Waals surface area contributed by atoms with Gasteiger partial charge in [0.05, 0.1) is 18.4 Å². The van der Waals surface area contributed by atoms with Gasteiger partial charge in [-0.1, -0.05) is 24.3 Å². The van der Waals surface area contributed by atoms with Crippen LogP contribution >= 0.6 is 11.3 Å². The van der Waals surface area contributed by atoms with Crippen LogP contribution in [0.15, 0.2) is 58.8 Å². The highest BCUT2D eigenvalue weighted by Crippen LogP contribution is 2.14. The van der Waals surface area contributed by atoms with E-state index in [2.05, 4.69) is 15.4 Å². The summed E-state index contributed by atoms with van der Waals surface area (Å²) in [6, 6.07) is 13.5. The maximum Gasteiger partial charge on any atom is 0.264 e. The van der Waals surface area contributed by atoms with Gasteiger partial charge in [-0.2, -0.15) is 5.10 Å². The molecule has 0 saturated carbocycles. The number of fused-ring (bicyclic) bond motifs is 1. The number of hydrogen-bond acceptors (Lipinski definition) is 5. The molecule has 0 radical (unpaired) electrons. The van der Waals surface area contributed by atoms with E-state index in [1.54, 1.807) is 22.9 Å². The summed E-state index contributed by atoms with van der Waals surface area (Å²) >= 11 is 1.60. The van der Waals surface area contributed by atoms with Crippen LogP contribution in [-0.4, -0.2) is 25.2 Å². The van der Waals surface area contributed by atoms with Gasteiger partial charge in [-0.3, -0.25) is 14.2 Å². The predicted molar refractivity (Wildman–Crippen MR) is 109 cm³/mol. The fraction of sp³-hybridized carbons (Fsp3) is 0.200. The maximum atomic E-state index is 12.9. The molecule has 1 N–H and O–H groups in total. The van der Waals surface area contributed by atoms with Crippen LogP contribution in [0, 0.1) is 6.92 Å². The Morgan fingerprint density at radius 1 is 1.18 bits per heavy atom. The second-order valence-corrected chi connectivity index (χ2v) is 7.38. The predicted octanol–water partition coefficient (Wildman–Crippen LogP) is 2.66. The van der Waals surface area contributed by atoms with E-state index >= 15 is 0 Å². The van der Waals surface area contributed by atoms with Crippen molar-refractivity contribution in [2.45, 2.75) is 26.4 Å². The second-order valence-electron chi connectivity index (χ2n) is 6.35. The first-order chi connectivity index (χ1) is 13.6. The first kappa shape index (κ1) is 18.1. The molecule has 1 aromatic carbocycles. The Hall–Kier alpha value is -3.26. The molecule has 0 unspecified atom stereocenters. The lowest BCUT2D eigenvalue weighted by Crippen LogP contribution is -2.28. The van der Waals surface area contributed by atoms with E-state index in [0.29, 0.717) is 23.4 Å². The molecule has 8 heteroatoms. The van der Waals surface area contributed by atoms with Gasteiger partial charge in [-0.25, -0.2) is 9.67 Å². The molecule has 28 heavy (non-hydrogen) atoms. The molecule has 0 atom stereocenters. The Morgan fingerprint density at radius 2 is 2.00 bits per heavy atom. The van der Waals surface area contributed by atoms with Gasteiger partial charge >= 0.3 is 0 Å². The van der Waals surface area contributed by atoms with Crippen molar-refractivity contribution in [3.63, 3.8) is 0 Å². The van der Waals surface area contributed by atoms with E-state index < -0.39 is 0 Å². The van der Waals surface area contributed by atoms with Crippen LogP contribution in [-0.2, 0) is 17.9 Å². The molecule has 0 aliphatic carbocycles. The molecule has 0 bridgehead atoms. The van der Waals surface area contributed by atoms with E-state index in [0.717, 1.165) is 10.6 Å². The third kappa shape index (κ3) is 3.59. The normalized spacial score (nSPS) is 11.0. The largest absolute Gasteiger partial charge is 0.351 e. The third-order valence-electron chi connectivity index (χ3n) is 4.48. The monoisotopic (exact) mass is 393 g/mol. The lowest BCUT2D eigenvalue weighted by Gasteiger charge is -2.10. The van der Waals surface area contributed by atoms with Crippen LogP contribution in [0.2, 0.25) is 0 Å². The molecule has 0 aliphatic heterocycles. The summed E-state index contributed by atoms with van der Waals surface area (Å²) in [5.74, 6) is 0.459. The standard InChI is InChI=1S/C20H19N5O2S/c1-14-23-19-17(13-22-25(19)15-6-3-2-4-7-15)20(27)24(14)10-9-18(26)21-12-16-8-5-11-28-16/h2-8,11,13H,9-10,12H2,1H3,(H,21,26). The Morgan fingerprint density at radius 3 is 2.75 bits per heavy atom. The maximum absolute atomic E-state index is 12.9. The third-order valence-corrected chi connectivity index (χ3v) is 5.36. The minimum Gasteiger partial charge on any atom is -0.351 e. The number of benzene rings is 1. The number of para-hydroxylation sites is 1. The highest BCUT2D eigenvalue weighted by atomic mass is 32.1. The van der Waals surface area contributed by atoms with Gasteiger partial charge in [0.25, 0.3) is 5.56 Å². The average molecular weight is 393 g/mol. The van der Waals surface area contributed by atoms with E-state index in [-0.39, 0.29) is 24.4 Å². The van der Waals surface area contributed by atoms with Crippen molar-refractivity contribution in [1.29, 1.82) is 0 Å². The molecule has 0 aliphatic rings. The van der Waals surface area contributed by atoms with Crippen LogP contribution in [0.5, 0.6) is 0 Å². The number of nitrogens with zero attached hydrogens (tertiary/aromatic N) is 4. The summed E-state index contributed by atoms with van der Waals surface area (Å²) in [4.78, 5) is 30.7. The molecule has 7 nitrogen and oxygen atoms in total. The number of carbonyl (C=O) groups excluding carboxylic acids is 1. The Bertz CT molecular complexity index is 1160. The van der Waals surface area contributed by atoms with Crippen molar-refractivity contribution in [2.24, 2.45) is 0 Å².